The van der Waals surface area contributed by atoms with Gasteiger partial charge in [-0.1, -0.05) is 30.3 Å². The molecule has 1 unspecified atom stereocenters. The van der Waals surface area contributed by atoms with E-state index >= 15 is 0 Å². The summed E-state index contributed by atoms with van der Waals surface area (Å²) >= 11 is 0. The summed E-state index contributed by atoms with van der Waals surface area (Å²) < 4.78 is 5.16. The summed E-state index contributed by atoms with van der Waals surface area (Å²) in [6.45, 7) is 0. The second-order valence-electron chi connectivity index (χ2n) is 4.50. The maximum Gasteiger partial charge on any atom is 0.218 e. The molecule has 19 heavy (non-hydrogen) atoms. The van der Waals surface area contributed by atoms with Crippen LogP contribution in [0.4, 0.5) is 0 Å². The number of methoxy groups -OCH3 is 1. The number of aliphatic hydroxyl groups is 1. The third kappa shape index (κ3) is 3.80. The van der Waals surface area contributed by atoms with E-state index in [1.54, 1.807) is 13.3 Å². The molecular formula is C16H19NO2. The van der Waals surface area contributed by atoms with Gasteiger partial charge in [0.15, 0.2) is 0 Å². The van der Waals surface area contributed by atoms with Crippen molar-refractivity contribution in [3.63, 3.8) is 0 Å². The molecule has 0 spiro atoms. The Morgan fingerprint density at radius 1 is 1.16 bits per heavy atom. The van der Waals surface area contributed by atoms with Crippen LogP contribution < -0.4 is 4.74 Å². The van der Waals surface area contributed by atoms with Crippen molar-refractivity contribution in [3.05, 3.63) is 59.8 Å². The van der Waals surface area contributed by atoms with Gasteiger partial charge in [-0.3, -0.25) is 0 Å². The van der Waals surface area contributed by atoms with E-state index in [1.807, 2.05) is 30.3 Å². The predicted octanol–water partition coefficient (Wildman–Crippen LogP) is 3.15. The van der Waals surface area contributed by atoms with Gasteiger partial charge >= 0.3 is 0 Å². The zero-order chi connectivity index (χ0) is 13.5. The highest BCUT2D eigenvalue weighted by Crippen LogP contribution is 2.26. The number of hydrogen-bond acceptors (Lipinski definition) is 3. The number of rotatable bonds is 6. The van der Waals surface area contributed by atoms with E-state index in [1.165, 1.54) is 5.56 Å². The number of nitrogens with zero attached hydrogens (tertiary/aromatic N) is 1. The van der Waals surface area contributed by atoms with E-state index in [4.69, 9.17) is 4.74 Å². The molecule has 1 atom stereocenters. The lowest BCUT2D eigenvalue weighted by Crippen LogP contribution is -2.02. The van der Waals surface area contributed by atoms with Crippen molar-refractivity contribution in [1.82, 2.24) is 4.98 Å². The van der Waals surface area contributed by atoms with Crippen molar-refractivity contribution in [3.8, 4) is 5.88 Å². The minimum absolute atomic E-state index is 0.509. The van der Waals surface area contributed by atoms with Gasteiger partial charge in [0.2, 0.25) is 5.88 Å². The molecule has 1 aromatic heterocycles. The van der Waals surface area contributed by atoms with E-state index in [2.05, 4.69) is 17.1 Å². The van der Waals surface area contributed by atoms with Crippen LogP contribution in [0.15, 0.2) is 48.7 Å². The average molecular weight is 257 g/mol. The number of benzene rings is 1. The van der Waals surface area contributed by atoms with Crippen LogP contribution in [0.25, 0.3) is 0 Å². The zero-order valence-electron chi connectivity index (χ0n) is 11.1. The molecule has 0 saturated carbocycles. The molecule has 0 amide bonds. The van der Waals surface area contributed by atoms with E-state index in [0.29, 0.717) is 12.3 Å². The lowest BCUT2D eigenvalue weighted by atomic mass is 10.0. The fraction of sp³-hybridized carbons (Fsp3) is 0.312. The number of aromatic nitrogens is 1. The van der Waals surface area contributed by atoms with E-state index < -0.39 is 6.10 Å². The molecule has 1 heterocycles. The molecule has 0 saturated heterocycles. The first-order chi connectivity index (χ1) is 9.31. The van der Waals surface area contributed by atoms with Gasteiger partial charge < -0.3 is 9.84 Å². The van der Waals surface area contributed by atoms with Gasteiger partial charge in [0.05, 0.1) is 13.2 Å². The molecule has 2 rings (SSSR count). The smallest absolute Gasteiger partial charge is 0.218 e. The number of ether oxygens (including phenoxy) is 1. The molecule has 3 nitrogen and oxygen atoms in total. The van der Waals surface area contributed by atoms with Crippen LogP contribution in [0, 0.1) is 0 Å². The third-order valence-corrected chi connectivity index (χ3v) is 3.14. The number of pyridine rings is 1. The summed E-state index contributed by atoms with van der Waals surface area (Å²) in [4.78, 5) is 4.10. The zero-order valence-corrected chi connectivity index (χ0v) is 11.1. The fourth-order valence-electron chi connectivity index (χ4n) is 2.13. The molecule has 3 heteroatoms. The molecule has 0 radical (unpaired) electrons. The SMILES string of the molecule is COc1ncccc1C(O)CCCc1ccccc1. The highest BCUT2D eigenvalue weighted by atomic mass is 16.5. The summed E-state index contributed by atoms with van der Waals surface area (Å²) in [7, 11) is 1.57. The quantitative estimate of drug-likeness (QED) is 0.864. The Bertz CT molecular complexity index is 499. The first-order valence-electron chi connectivity index (χ1n) is 6.52. The molecule has 0 aliphatic rings. The first kappa shape index (κ1) is 13.6. The standard InChI is InChI=1S/C16H19NO2/c1-19-16-14(10-6-12-17-16)15(18)11-5-9-13-7-3-2-4-8-13/h2-4,6-8,10,12,15,18H,5,9,11H2,1H3. The predicted molar refractivity (Wildman–Crippen MR) is 75.1 cm³/mol. The van der Waals surface area contributed by atoms with Gasteiger partial charge in [-0.15, -0.1) is 0 Å². The van der Waals surface area contributed by atoms with Crippen molar-refractivity contribution < 1.29 is 9.84 Å². The summed E-state index contributed by atoms with van der Waals surface area (Å²) in [5.74, 6) is 0.509. The molecule has 0 aliphatic carbocycles. The van der Waals surface area contributed by atoms with Crippen LogP contribution in [-0.4, -0.2) is 17.2 Å². The maximum absolute atomic E-state index is 10.2. The third-order valence-electron chi connectivity index (χ3n) is 3.14. The summed E-state index contributed by atoms with van der Waals surface area (Å²) in [5.41, 5.74) is 2.06. The van der Waals surface area contributed by atoms with Crippen molar-refractivity contribution in [2.75, 3.05) is 7.11 Å². The molecular weight excluding hydrogens is 238 g/mol. The number of hydrogen-bond donors (Lipinski definition) is 1. The molecule has 100 valence electrons. The van der Waals surface area contributed by atoms with E-state index in [-0.39, 0.29) is 0 Å². The lowest BCUT2D eigenvalue weighted by Gasteiger charge is -2.13. The van der Waals surface area contributed by atoms with Crippen LogP contribution in [-0.2, 0) is 6.42 Å². The minimum Gasteiger partial charge on any atom is -0.481 e. The molecule has 0 fully saturated rings. The van der Waals surface area contributed by atoms with Crippen molar-refractivity contribution >= 4 is 0 Å². The van der Waals surface area contributed by atoms with Gasteiger partial charge in [-0.25, -0.2) is 4.98 Å². The normalized spacial score (nSPS) is 12.1. The second-order valence-corrected chi connectivity index (χ2v) is 4.50. The molecule has 1 N–H and O–H groups in total. The summed E-state index contributed by atoms with van der Waals surface area (Å²) in [6.07, 6.45) is 3.76. The van der Waals surface area contributed by atoms with Crippen molar-refractivity contribution in [1.29, 1.82) is 0 Å². The number of aryl methyl sites for hydroxylation is 1. The van der Waals surface area contributed by atoms with E-state index in [0.717, 1.165) is 18.4 Å². The topological polar surface area (TPSA) is 42.4 Å². The van der Waals surface area contributed by atoms with Gasteiger partial charge in [0.25, 0.3) is 0 Å². The van der Waals surface area contributed by atoms with Crippen LogP contribution >= 0.6 is 0 Å². The Morgan fingerprint density at radius 3 is 2.68 bits per heavy atom. The average Bonchev–Trinajstić information content (AvgIpc) is 2.48. The molecule has 1 aromatic carbocycles. The Kier molecular flexibility index (Phi) is 4.93. The van der Waals surface area contributed by atoms with Crippen LogP contribution in [0.5, 0.6) is 5.88 Å². The second kappa shape index (κ2) is 6.90. The Hall–Kier alpha value is -1.87. The maximum atomic E-state index is 10.2. The first-order valence-corrected chi connectivity index (χ1v) is 6.52. The molecule has 0 bridgehead atoms. The Morgan fingerprint density at radius 2 is 1.95 bits per heavy atom. The van der Waals surface area contributed by atoms with Crippen molar-refractivity contribution in [2.45, 2.75) is 25.4 Å². The van der Waals surface area contributed by atoms with Gasteiger partial charge in [0.1, 0.15) is 0 Å². The summed E-state index contributed by atoms with van der Waals surface area (Å²) in [6, 6.07) is 14.0. The van der Waals surface area contributed by atoms with Crippen LogP contribution in [0.3, 0.4) is 0 Å². The Balaban J connectivity index is 1.89. The molecule has 2 aromatic rings. The Labute approximate surface area is 113 Å². The highest BCUT2D eigenvalue weighted by Gasteiger charge is 2.13. The molecule has 0 aliphatic heterocycles. The van der Waals surface area contributed by atoms with E-state index in [9.17, 15) is 5.11 Å². The number of aliphatic hydroxyl groups excluding tert-OH is 1. The van der Waals surface area contributed by atoms with Crippen molar-refractivity contribution in [2.24, 2.45) is 0 Å². The van der Waals surface area contributed by atoms with Crippen LogP contribution in [0.1, 0.15) is 30.1 Å². The van der Waals surface area contributed by atoms with Gasteiger partial charge in [-0.05, 0) is 37.0 Å². The lowest BCUT2D eigenvalue weighted by molar-refractivity contribution is 0.159. The monoisotopic (exact) mass is 257 g/mol. The van der Waals surface area contributed by atoms with Crippen LogP contribution in [0.2, 0.25) is 0 Å². The fourth-order valence-corrected chi connectivity index (χ4v) is 2.13. The van der Waals surface area contributed by atoms with Gasteiger partial charge in [-0.2, -0.15) is 0 Å². The van der Waals surface area contributed by atoms with Gasteiger partial charge in [0, 0.05) is 11.8 Å². The largest absolute Gasteiger partial charge is 0.481 e. The minimum atomic E-state index is -0.521. The summed E-state index contributed by atoms with van der Waals surface area (Å²) in [5, 5.41) is 10.2. The highest BCUT2D eigenvalue weighted by molar-refractivity contribution is 5.27.